The molecule has 0 spiro atoms. The van der Waals surface area contributed by atoms with Crippen molar-refractivity contribution in [2.24, 2.45) is 11.7 Å². The highest BCUT2D eigenvalue weighted by Gasteiger charge is 2.43. The Kier molecular flexibility index (Phi) is 2.53. The summed E-state index contributed by atoms with van der Waals surface area (Å²) in [5, 5.41) is 9.13. The largest absolute Gasteiger partial charge is 0.490 e. The Bertz CT molecular complexity index is 507. The summed E-state index contributed by atoms with van der Waals surface area (Å²) in [5.41, 5.74) is 5.14. The topological polar surface area (TPSA) is 77.5 Å². The van der Waals surface area contributed by atoms with Crippen LogP contribution >= 0.6 is 0 Å². The van der Waals surface area contributed by atoms with Crippen LogP contribution in [-0.2, 0) is 0 Å². The Morgan fingerprint density at radius 2 is 2.17 bits per heavy atom. The van der Waals surface area contributed by atoms with Gasteiger partial charge in [-0.1, -0.05) is 0 Å². The van der Waals surface area contributed by atoms with Crippen LogP contribution in [0, 0.1) is 17.2 Å². The van der Waals surface area contributed by atoms with Gasteiger partial charge in [-0.25, -0.2) is 0 Å². The van der Waals surface area contributed by atoms with Crippen molar-refractivity contribution in [1.29, 1.82) is 5.26 Å². The second-order valence-corrected chi connectivity index (χ2v) is 4.73. The number of hydrogen-bond donors (Lipinski definition) is 1. The number of nitrogens with zero attached hydrogens (tertiary/aromatic N) is 1. The van der Waals surface area contributed by atoms with E-state index in [9.17, 15) is 0 Å². The first-order valence-electron chi connectivity index (χ1n) is 5.94. The fraction of sp³-hybridized carbons (Fsp3) is 0.462. The molecule has 1 aromatic carbocycles. The standard InChI is InChI=1S/C13H14N2O3/c14-6-13(15,9-1-2-9)7-16-10-3-4-11-12(5-10)18-8-17-11/h3-5,9H,1-2,7-8,15H2. The minimum atomic E-state index is -0.879. The first-order valence-corrected chi connectivity index (χ1v) is 5.94. The fourth-order valence-corrected chi connectivity index (χ4v) is 2.01. The van der Waals surface area contributed by atoms with Crippen LogP contribution in [0.15, 0.2) is 18.2 Å². The predicted octanol–water partition coefficient (Wildman–Crippen LogP) is 1.43. The number of hydrogen-bond acceptors (Lipinski definition) is 5. The molecule has 5 nitrogen and oxygen atoms in total. The molecule has 94 valence electrons. The van der Waals surface area contributed by atoms with Crippen molar-refractivity contribution in [1.82, 2.24) is 0 Å². The van der Waals surface area contributed by atoms with Crippen LogP contribution in [-0.4, -0.2) is 18.9 Å². The maximum absolute atomic E-state index is 9.13. The van der Waals surface area contributed by atoms with E-state index in [-0.39, 0.29) is 19.3 Å². The van der Waals surface area contributed by atoms with Crippen LogP contribution in [0.25, 0.3) is 0 Å². The molecule has 1 aromatic rings. The van der Waals surface area contributed by atoms with Gasteiger partial charge in [-0.05, 0) is 30.9 Å². The van der Waals surface area contributed by atoms with Gasteiger partial charge in [0.05, 0.1) is 6.07 Å². The van der Waals surface area contributed by atoms with Crippen molar-refractivity contribution in [2.45, 2.75) is 18.4 Å². The summed E-state index contributed by atoms with van der Waals surface area (Å²) in [7, 11) is 0. The number of nitrogens with two attached hydrogens (primary N) is 1. The third-order valence-electron chi connectivity index (χ3n) is 3.34. The van der Waals surface area contributed by atoms with Crippen LogP contribution in [0.1, 0.15) is 12.8 Å². The van der Waals surface area contributed by atoms with E-state index in [0.717, 1.165) is 12.8 Å². The molecule has 18 heavy (non-hydrogen) atoms. The fourth-order valence-electron chi connectivity index (χ4n) is 2.01. The molecule has 5 heteroatoms. The Morgan fingerprint density at radius 3 is 2.89 bits per heavy atom. The van der Waals surface area contributed by atoms with Crippen molar-refractivity contribution in [3.05, 3.63) is 18.2 Å². The van der Waals surface area contributed by atoms with Crippen LogP contribution in [0.3, 0.4) is 0 Å². The summed E-state index contributed by atoms with van der Waals surface area (Å²) >= 11 is 0. The van der Waals surface area contributed by atoms with E-state index < -0.39 is 5.54 Å². The van der Waals surface area contributed by atoms with E-state index in [4.69, 9.17) is 25.2 Å². The van der Waals surface area contributed by atoms with E-state index in [1.807, 2.05) is 0 Å². The lowest BCUT2D eigenvalue weighted by molar-refractivity contribution is 0.173. The molecule has 1 saturated carbocycles. The number of ether oxygens (including phenoxy) is 3. The molecule has 0 bridgehead atoms. The number of rotatable bonds is 4. The highest BCUT2D eigenvalue weighted by Crippen LogP contribution is 2.39. The zero-order chi connectivity index (χ0) is 12.6. The molecule has 0 radical (unpaired) electrons. The second kappa shape index (κ2) is 4.07. The Hall–Kier alpha value is -1.93. The summed E-state index contributed by atoms with van der Waals surface area (Å²) in [5.74, 6) is 2.28. The molecule has 1 heterocycles. The lowest BCUT2D eigenvalue weighted by Crippen LogP contribution is -2.46. The zero-order valence-electron chi connectivity index (χ0n) is 9.89. The van der Waals surface area contributed by atoms with E-state index in [0.29, 0.717) is 17.2 Å². The summed E-state index contributed by atoms with van der Waals surface area (Å²) in [6.07, 6.45) is 2.02. The minimum absolute atomic E-state index is 0.202. The lowest BCUT2D eigenvalue weighted by atomic mass is 9.98. The molecule has 1 fully saturated rings. The average molecular weight is 246 g/mol. The highest BCUT2D eigenvalue weighted by atomic mass is 16.7. The molecule has 1 aliphatic carbocycles. The molecule has 1 aliphatic heterocycles. The molecular weight excluding hydrogens is 232 g/mol. The Balaban J connectivity index is 1.68. The van der Waals surface area contributed by atoms with E-state index >= 15 is 0 Å². The summed E-state index contributed by atoms with van der Waals surface area (Å²) < 4.78 is 16.1. The van der Waals surface area contributed by atoms with E-state index in [2.05, 4.69) is 6.07 Å². The molecule has 2 aliphatic rings. The van der Waals surface area contributed by atoms with E-state index in [1.54, 1.807) is 18.2 Å². The quantitative estimate of drug-likeness (QED) is 0.869. The normalized spacial score (nSPS) is 20.0. The van der Waals surface area contributed by atoms with E-state index in [1.165, 1.54) is 0 Å². The van der Waals surface area contributed by atoms with Gasteiger partial charge in [0.1, 0.15) is 17.9 Å². The third kappa shape index (κ3) is 1.95. The first-order chi connectivity index (χ1) is 8.71. The highest BCUT2D eigenvalue weighted by molar-refractivity contribution is 5.46. The van der Waals surface area contributed by atoms with Gasteiger partial charge in [-0.3, -0.25) is 0 Å². The molecular formula is C13H14N2O3. The van der Waals surface area contributed by atoms with Crippen molar-refractivity contribution in [3.63, 3.8) is 0 Å². The third-order valence-corrected chi connectivity index (χ3v) is 3.34. The van der Waals surface area contributed by atoms with Gasteiger partial charge >= 0.3 is 0 Å². The van der Waals surface area contributed by atoms with Crippen molar-refractivity contribution >= 4 is 0 Å². The van der Waals surface area contributed by atoms with Crippen LogP contribution < -0.4 is 19.9 Å². The monoisotopic (exact) mass is 246 g/mol. The first kappa shape index (κ1) is 11.2. The lowest BCUT2D eigenvalue weighted by Gasteiger charge is -2.21. The van der Waals surface area contributed by atoms with Gasteiger partial charge in [-0.2, -0.15) is 5.26 Å². The molecule has 1 atom stereocenters. The van der Waals surface area contributed by atoms with Crippen molar-refractivity contribution < 1.29 is 14.2 Å². The predicted molar refractivity (Wildman–Crippen MR) is 63.3 cm³/mol. The van der Waals surface area contributed by atoms with Gasteiger partial charge in [-0.15, -0.1) is 0 Å². The maximum atomic E-state index is 9.13. The summed E-state index contributed by atoms with van der Waals surface area (Å²) in [6.45, 7) is 0.438. The second-order valence-electron chi connectivity index (χ2n) is 4.73. The van der Waals surface area contributed by atoms with Gasteiger partial charge in [0, 0.05) is 6.07 Å². The zero-order valence-corrected chi connectivity index (χ0v) is 9.89. The van der Waals surface area contributed by atoms with Crippen molar-refractivity contribution in [3.8, 4) is 23.3 Å². The van der Waals surface area contributed by atoms with Gasteiger partial charge in [0.25, 0.3) is 0 Å². The SMILES string of the molecule is N#CC(N)(COc1ccc2c(c1)OCO2)C1CC1. The van der Waals surface area contributed by atoms with Crippen molar-refractivity contribution in [2.75, 3.05) is 13.4 Å². The maximum Gasteiger partial charge on any atom is 0.231 e. The molecule has 3 rings (SSSR count). The molecule has 0 amide bonds. The molecule has 0 aromatic heterocycles. The smallest absolute Gasteiger partial charge is 0.231 e. The minimum Gasteiger partial charge on any atom is -0.490 e. The summed E-state index contributed by atoms with van der Waals surface area (Å²) in [4.78, 5) is 0. The molecule has 0 saturated heterocycles. The molecule has 2 N–H and O–H groups in total. The Morgan fingerprint density at radius 1 is 1.39 bits per heavy atom. The van der Waals surface area contributed by atoms with Crippen LogP contribution in [0.2, 0.25) is 0 Å². The number of benzene rings is 1. The Labute approximate surface area is 105 Å². The number of fused-ring (bicyclic) bond motifs is 1. The van der Waals surface area contributed by atoms with Crippen LogP contribution in [0.4, 0.5) is 0 Å². The van der Waals surface area contributed by atoms with Crippen LogP contribution in [0.5, 0.6) is 17.2 Å². The van der Waals surface area contributed by atoms with Gasteiger partial charge in [0.2, 0.25) is 6.79 Å². The van der Waals surface area contributed by atoms with Gasteiger partial charge in [0.15, 0.2) is 11.5 Å². The van der Waals surface area contributed by atoms with Gasteiger partial charge < -0.3 is 19.9 Å². The number of nitriles is 1. The summed E-state index contributed by atoms with van der Waals surface area (Å²) in [6, 6.07) is 7.50. The molecule has 1 unspecified atom stereocenters. The average Bonchev–Trinajstić information content (AvgIpc) is 3.15.